The Hall–Kier alpha value is -6.72. The number of rotatable bonds is 9. The Bertz CT molecular complexity index is 2520. The van der Waals surface area contributed by atoms with Gasteiger partial charge in [0.2, 0.25) is 0 Å². The topological polar surface area (TPSA) is 152 Å². The number of likely N-dealkylation sites (N-methyl/N-ethyl adjacent to an activating group) is 1. The van der Waals surface area contributed by atoms with Gasteiger partial charge in [0.05, 0.1) is 60.7 Å². The van der Waals surface area contributed by atoms with E-state index in [4.69, 9.17) is 34.1 Å². The standard InChI is InChI=1S/C23H22F3N3O2.C13H10F3NO2.C9H10N2.C3H8/c1-14-15(2)20(9-7-17(14)12-27)29(5)13-22(3,31)21(30)11-16-6-8-19(28-4)18(10-16)23(24,25)26;1-12(7-19-12)11(18)6-8-3-4-10(17-2)9(5-8)13(14,15)16;1-6-7(2)9(11)4-3-8(6)5-10;1-3-2/h6-10,31H,11,13H2,1-3,5H3;3-5H,6-7H2,1H3;3-4H,11H2,1-2H3;3H2,1-2H3/t22-;12-;;/m00../s1. The smallest absolute Gasteiger partial charge is 0.399 e. The lowest BCUT2D eigenvalue weighted by Crippen LogP contribution is -2.46. The molecule has 0 unspecified atom stereocenters. The third kappa shape index (κ3) is 14.2. The Morgan fingerprint density at radius 1 is 0.797 bits per heavy atom. The molecule has 2 atom stereocenters. The van der Waals surface area contributed by atoms with Crippen LogP contribution in [0.4, 0.5) is 49.1 Å². The predicted molar refractivity (Wildman–Crippen MR) is 233 cm³/mol. The van der Waals surface area contributed by atoms with Crippen LogP contribution in [0.25, 0.3) is 9.69 Å². The summed E-state index contributed by atoms with van der Waals surface area (Å²) in [5, 5.41) is 28.5. The van der Waals surface area contributed by atoms with E-state index in [0.29, 0.717) is 17.7 Å². The van der Waals surface area contributed by atoms with Crippen molar-refractivity contribution < 1.29 is 45.8 Å². The van der Waals surface area contributed by atoms with Crippen molar-refractivity contribution in [1.29, 1.82) is 10.5 Å². The predicted octanol–water partition coefficient (Wildman–Crippen LogP) is 11.1. The van der Waals surface area contributed by atoms with Crippen molar-refractivity contribution in [3.63, 3.8) is 0 Å². The molecule has 0 aliphatic carbocycles. The molecule has 0 bridgehead atoms. The first-order chi connectivity index (χ1) is 29.7. The Labute approximate surface area is 370 Å². The fourth-order valence-electron chi connectivity index (χ4n) is 5.99. The maximum absolute atomic E-state index is 13.2. The molecular weight excluding hydrogens is 839 g/mol. The highest BCUT2D eigenvalue weighted by atomic mass is 19.4. The molecule has 0 saturated carbocycles. The summed E-state index contributed by atoms with van der Waals surface area (Å²) in [5.74, 6) is -0.901. The zero-order valence-corrected chi connectivity index (χ0v) is 37.1. The fraction of sp³-hybridized carbons (Fsp3) is 0.375. The number of hydrogen-bond donors (Lipinski definition) is 2. The lowest BCUT2D eigenvalue weighted by Gasteiger charge is -2.31. The number of ether oxygens (including phenoxy) is 1. The summed E-state index contributed by atoms with van der Waals surface area (Å²) in [4.78, 5) is 31.8. The van der Waals surface area contributed by atoms with Gasteiger partial charge in [-0.3, -0.25) is 9.59 Å². The van der Waals surface area contributed by atoms with E-state index >= 15 is 0 Å². The van der Waals surface area contributed by atoms with Gasteiger partial charge in [-0.1, -0.05) is 56.7 Å². The number of benzene rings is 4. The van der Waals surface area contributed by atoms with Crippen LogP contribution in [0.1, 0.15) is 89.8 Å². The van der Waals surface area contributed by atoms with Crippen LogP contribution in [0.2, 0.25) is 0 Å². The molecule has 1 aliphatic rings. The van der Waals surface area contributed by atoms with Gasteiger partial charge in [-0.2, -0.15) is 36.9 Å². The molecule has 5 rings (SSSR count). The Morgan fingerprint density at radius 2 is 1.22 bits per heavy atom. The van der Waals surface area contributed by atoms with Gasteiger partial charge in [0, 0.05) is 31.3 Å². The summed E-state index contributed by atoms with van der Waals surface area (Å²) in [5.41, 5.74) is 6.46. The maximum Gasteiger partial charge on any atom is 0.407 e. The van der Waals surface area contributed by atoms with E-state index in [1.165, 1.54) is 25.5 Å². The van der Waals surface area contributed by atoms with Crippen LogP contribution in [-0.4, -0.2) is 48.1 Å². The van der Waals surface area contributed by atoms with Gasteiger partial charge in [0.25, 0.3) is 0 Å². The molecule has 0 amide bonds. The van der Waals surface area contributed by atoms with Crippen molar-refractivity contribution in [2.75, 3.05) is 30.8 Å². The number of alkyl halides is 6. The molecule has 4 aromatic rings. The van der Waals surface area contributed by atoms with Crippen molar-refractivity contribution in [3.05, 3.63) is 139 Å². The normalized spacial score (nSPS) is 14.7. The molecule has 338 valence electrons. The van der Waals surface area contributed by atoms with Gasteiger partial charge in [0.1, 0.15) is 11.2 Å². The van der Waals surface area contributed by atoms with Gasteiger partial charge in [0.15, 0.2) is 22.9 Å². The highest BCUT2D eigenvalue weighted by Gasteiger charge is 2.46. The molecule has 4 aromatic carbocycles. The number of nitrogens with zero attached hydrogens (tertiary/aromatic N) is 5. The minimum absolute atomic E-state index is 0.0676. The number of epoxide rings is 1. The molecular formula is C48H50F6N6O4. The Balaban J connectivity index is 0.000000358. The number of aliphatic hydroxyl groups is 1. The molecule has 0 spiro atoms. The number of nitriles is 2. The van der Waals surface area contributed by atoms with Gasteiger partial charge >= 0.3 is 12.4 Å². The molecule has 64 heavy (non-hydrogen) atoms. The molecule has 10 nitrogen and oxygen atoms in total. The summed E-state index contributed by atoms with van der Waals surface area (Å²) in [6, 6.07) is 17.5. The number of hydrogen-bond acceptors (Lipinski definition) is 8. The van der Waals surface area contributed by atoms with Crippen LogP contribution in [0.5, 0.6) is 0 Å². The van der Waals surface area contributed by atoms with Crippen molar-refractivity contribution in [2.45, 2.75) is 98.2 Å². The third-order valence-electron chi connectivity index (χ3n) is 10.3. The summed E-state index contributed by atoms with van der Waals surface area (Å²) >= 11 is 0. The van der Waals surface area contributed by atoms with Crippen LogP contribution < -0.4 is 10.6 Å². The third-order valence-corrected chi connectivity index (χ3v) is 10.3. The molecule has 16 heteroatoms. The number of nitrogen functional groups attached to an aromatic ring is 1. The highest BCUT2D eigenvalue weighted by Crippen LogP contribution is 2.39. The van der Waals surface area contributed by atoms with E-state index in [9.17, 15) is 41.0 Å². The van der Waals surface area contributed by atoms with E-state index < -0.39 is 58.3 Å². The SMILES string of the molecule is CCC.Cc1c(N)ccc(C#N)c1C.[C-]#[N+]c1ccc(CC(=O)[C@@](C)(O)CN(C)c2ccc(C#N)c(C)c2C)cc1C(F)(F)F.[C-]#[N+]c1ccc(CC(=O)[C@]2(C)CO2)cc1C(F)(F)F. The van der Waals surface area contributed by atoms with Crippen LogP contribution in [0.15, 0.2) is 60.7 Å². The highest BCUT2D eigenvalue weighted by molar-refractivity contribution is 5.91. The van der Waals surface area contributed by atoms with Gasteiger partial charge < -0.3 is 20.5 Å². The quantitative estimate of drug-likeness (QED) is 0.0729. The van der Waals surface area contributed by atoms with Gasteiger partial charge in [-0.15, -0.1) is 0 Å². The first-order valence-corrected chi connectivity index (χ1v) is 19.7. The fourth-order valence-corrected chi connectivity index (χ4v) is 5.99. The average molecular weight is 889 g/mol. The second-order valence-corrected chi connectivity index (χ2v) is 15.5. The average Bonchev–Trinajstić information content (AvgIpc) is 3.99. The lowest BCUT2D eigenvalue weighted by molar-refractivity contribution is -0.137. The van der Waals surface area contributed by atoms with Crippen LogP contribution >= 0.6 is 0 Å². The maximum atomic E-state index is 13.2. The molecule has 3 N–H and O–H groups in total. The first-order valence-electron chi connectivity index (χ1n) is 19.7. The molecule has 1 heterocycles. The van der Waals surface area contributed by atoms with Crippen LogP contribution in [0.3, 0.4) is 0 Å². The van der Waals surface area contributed by atoms with Crippen LogP contribution in [-0.2, 0) is 39.5 Å². The second kappa shape index (κ2) is 22.1. The monoisotopic (exact) mass is 888 g/mol. The Morgan fingerprint density at radius 3 is 1.62 bits per heavy atom. The molecule has 0 radical (unpaired) electrons. The molecule has 1 aliphatic heterocycles. The molecule has 0 aromatic heterocycles. The minimum Gasteiger partial charge on any atom is -0.399 e. The number of carbonyl (C=O) groups excluding carboxylic acids is 2. The van der Waals surface area contributed by atoms with Crippen molar-refractivity contribution >= 4 is 34.3 Å². The zero-order valence-electron chi connectivity index (χ0n) is 37.1. The van der Waals surface area contributed by atoms with E-state index in [1.54, 1.807) is 50.1 Å². The van der Waals surface area contributed by atoms with E-state index in [0.717, 1.165) is 57.9 Å². The molecule has 1 saturated heterocycles. The van der Waals surface area contributed by atoms with E-state index in [1.807, 2.05) is 20.8 Å². The van der Waals surface area contributed by atoms with Crippen molar-refractivity contribution in [2.24, 2.45) is 0 Å². The summed E-state index contributed by atoms with van der Waals surface area (Å²) in [7, 11) is 1.68. The summed E-state index contributed by atoms with van der Waals surface area (Å²) < 4.78 is 82.7. The van der Waals surface area contributed by atoms with Crippen molar-refractivity contribution in [3.8, 4) is 12.1 Å². The number of Topliss-reactive ketones (excluding diaryl/α,β-unsaturated/α-hetero) is 2. The van der Waals surface area contributed by atoms with Crippen molar-refractivity contribution in [1.82, 2.24) is 0 Å². The number of nitrogens with two attached hydrogens (primary N) is 1. The first kappa shape index (κ1) is 53.4. The summed E-state index contributed by atoms with van der Waals surface area (Å²) in [6.45, 7) is 28.5. The second-order valence-electron chi connectivity index (χ2n) is 15.5. The number of anilines is 2. The minimum atomic E-state index is -4.72. The largest absolute Gasteiger partial charge is 0.407 e. The van der Waals surface area contributed by atoms with E-state index in [-0.39, 0.29) is 29.9 Å². The van der Waals surface area contributed by atoms with Gasteiger partial charge in [-0.25, -0.2) is 9.69 Å². The van der Waals surface area contributed by atoms with Crippen LogP contribution in [0, 0.1) is 63.5 Å². The number of carbonyl (C=O) groups is 2. The number of halogens is 6. The van der Waals surface area contributed by atoms with Gasteiger partial charge in [-0.05, 0) is 99.2 Å². The lowest BCUT2D eigenvalue weighted by atomic mass is 9.93. The molecule has 1 fully saturated rings. The Kier molecular flexibility index (Phi) is 18.4. The van der Waals surface area contributed by atoms with E-state index in [2.05, 4.69) is 35.7 Å². The zero-order chi connectivity index (χ0) is 49.0. The number of ketones is 2. The summed E-state index contributed by atoms with van der Waals surface area (Å²) in [6.07, 6.45) is -8.60.